The number of hydrogen-bond acceptors (Lipinski definition) is 4. The molecule has 2 saturated heterocycles. The molecule has 0 aromatic heterocycles. The van der Waals surface area contributed by atoms with Crippen LogP contribution >= 0.6 is 0 Å². The second-order valence-corrected chi connectivity index (χ2v) is 7.22. The van der Waals surface area contributed by atoms with Crippen LogP contribution in [0.2, 0.25) is 0 Å². The number of nitrogens with zero attached hydrogens (tertiary/aromatic N) is 1. The fourth-order valence-electron chi connectivity index (χ4n) is 4.22. The maximum absolute atomic E-state index is 13.0. The molecule has 5 heteroatoms. The number of hydrogen-bond donors (Lipinski definition) is 0. The normalized spacial score (nSPS) is 33.6. The molecule has 0 aliphatic carbocycles. The maximum Gasteiger partial charge on any atom is 0.313 e. The minimum Gasteiger partial charge on any atom is -0.460 e. The van der Waals surface area contributed by atoms with Gasteiger partial charge in [0.25, 0.3) is 0 Å². The molecular weight excluding hydrogens is 318 g/mol. The molecule has 1 aromatic rings. The Bertz CT molecular complexity index is 716. The molecule has 5 nitrogen and oxygen atoms in total. The molecule has 2 unspecified atom stereocenters. The number of ether oxygens (including phenoxy) is 2. The summed E-state index contributed by atoms with van der Waals surface area (Å²) >= 11 is 0. The Kier molecular flexibility index (Phi) is 3.91. The van der Waals surface area contributed by atoms with Crippen molar-refractivity contribution < 1.29 is 19.1 Å². The fourth-order valence-corrected chi connectivity index (χ4v) is 4.22. The predicted octanol–water partition coefficient (Wildman–Crippen LogP) is 2.31. The van der Waals surface area contributed by atoms with Crippen molar-refractivity contribution in [1.29, 1.82) is 0 Å². The molecule has 0 saturated carbocycles. The van der Waals surface area contributed by atoms with Gasteiger partial charge >= 0.3 is 5.97 Å². The van der Waals surface area contributed by atoms with E-state index in [9.17, 15) is 9.59 Å². The number of benzene rings is 1. The summed E-state index contributed by atoms with van der Waals surface area (Å²) in [6.45, 7) is 4.84. The smallest absolute Gasteiger partial charge is 0.313 e. The number of esters is 1. The van der Waals surface area contributed by atoms with Gasteiger partial charge in [-0.1, -0.05) is 49.4 Å². The lowest BCUT2D eigenvalue weighted by Gasteiger charge is -2.26. The SMILES string of the molecule is CCC(C)N1C[C@@]23C=C[C@@H](O2)C(C(=O)OCc2ccccc2)[C@H]3C1=O. The van der Waals surface area contributed by atoms with E-state index in [1.54, 1.807) is 0 Å². The molecule has 1 aromatic carbocycles. The predicted molar refractivity (Wildman–Crippen MR) is 91.4 cm³/mol. The van der Waals surface area contributed by atoms with E-state index in [1.165, 1.54) is 0 Å². The first-order valence-corrected chi connectivity index (χ1v) is 8.94. The van der Waals surface area contributed by atoms with Crippen LogP contribution in [0.1, 0.15) is 25.8 Å². The van der Waals surface area contributed by atoms with Crippen molar-refractivity contribution in [3.05, 3.63) is 48.0 Å². The first-order chi connectivity index (χ1) is 12.1. The lowest BCUT2D eigenvalue weighted by molar-refractivity contribution is -0.155. The van der Waals surface area contributed by atoms with Crippen LogP contribution in [0.25, 0.3) is 0 Å². The van der Waals surface area contributed by atoms with Crippen LogP contribution in [0.5, 0.6) is 0 Å². The summed E-state index contributed by atoms with van der Waals surface area (Å²) < 4.78 is 11.6. The Hall–Kier alpha value is -2.14. The van der Waals surface area contributed by atoms with Gasteiger partial charge in [0.1, 0.15) is 18.1 Å². The molecule has 1 amide bonds. The molecule has 0 radical (unpaired) electrons. The van der Waals surface area contributed by atoms with Crippen LogP contribution in [-0.4, -0.2) is 41.1 Å². The van der Waals surface area contributed by atoms with Gasteiger partial charge in [0, 0.05) is 6.04 Å². The molecule has 0 N–H and O–H groups in total. The van der Waals surface area contributed by atoms with Gasteiger partial charge in [0.05, 0.1) is 18.6 Å². The Morgan fingerprint density at radius 1 is 1.40 bits per heavy atom. The summed E-state index contributed by atoms with van der Waals surface area (Å²) in [5, 5.41) is 0. The number of carbonyl (C=O) groups is 2. The third kappa shape index (κ3) is 2.49. The van der Waals surface area contributed by atoms with Crippen LogP contribution in [-0.2, 0) is 25.7 Å². The Morgan fingerprint density at radius 3 is 2.88 bits per heavy atom. The number of amides is 1. The molecule has 2 fully saturated rings. The maximum atomic E-state index is 13.0. The van der Waals surface area contributed by atoms with Gasteiger partial charge in [0.2, 0.25) is 5.91 Å². The second kappa shape index (κ2) is 5.99. The molecular formula is C20H23NO4. The van der Waals surface area contributed by atoms with Crippen LogP contribution < -0.4 is 0 Å². The van der Waals surface area contributed by atoms with Gasteiger partial charge < -0.3 is 14.4 Å². The molecule has 25 heavy (non-hydrogen) atoms. The standard InChI is InChI=1S/C20H23NO4/c1-3-13(2)21-12-20-10-9-15(25-20)16(17(20)18(21)22)19(23)24-11-14-7-5-4-6-8-14/h4-10,13,15-17H,3,11-12H2,1-2H3/t13?,15-,16?,17+,20-/m1/s1. The van der Waals surface area contributed by atoms with Crippen molar-refractivity contribution >= 4 is 11.9 Å². The molecule has 3 aliphatic heterocycles. The van der Waals surface area contributed by atoms with Gasteiger partial charge in [-0.15, -0.1) is 0 Å². The Morgan fingerprint density at radius 2 is 2.16 bits per heavy atom. The van der Waals surface area contributed by atoms with Gasteiger partial charge in [-0.05, 0) is 18.9 Å². The average Bonchev–Trinajstić information content (AvgIpc) is 3.28. The second-order valence-electron chi connectivity index (χ2n) is 7.22. The summed E-state index contributed by atoms with van der Waals surface area (Å²) in [6.07, 6.45) is 4.42. The quantitative estimate of drug-likeness (QED) is 0.609. The first kappa shape index (κ1) is 16.3. The van der Waals surface area contributed by atoms with Gasteiger partial charge in [-0.25, -0.2) is 0 Å². The van der Waals surface area contributed by atoms with Gasteiger partial charge in [-0.2, -0.15) is 0 Å². The Labute approximate surface area is 147 Å². The van der Waals surface area contributed by atoms with E-state index in [4.69, 9.17) is 9.47 Å². The number of likely N-dealkylation sites (tertiary alicyclic amines) is 1. The molecule has 5 atom stereocenters. The van der Waals surface area contributed by atoms with Crippen molar-refractivity contribution in [2.75, 3.05) is 6.54 Å². The first-order valence-electron chi connectivity index (χ1n) is 8.94. The highest BCUT2D eigenvalue weighted by atomic mass is 16.6. The highest BCUT2D eigenvalue weighted by molar-refractivity contribution is 5.91. The third-order valence-corrected chi connectivity index (χ3v) is 5.75. The summed E-state index contributed by atoms with van der Waals surface area (Å²) in [6, 6.07) is 9.71. The van der Waals surface area contributed by atoms with E-state index in [0.717, 1.165) is 12.0 Å². The van der Waals surface area contributed by atoms with Gasteiger partial charge in [0.15, 0.2) is 0 Å². The highest BCUT2D eigenvalue weighted by Gasteiger charge is 2.67. The van der Waals surface area contributed by atoms with E-state index in [2.05, 4.69) is 6.92 Å². The summed E-state index contributed by atoms with van der Waals surface area (Å²) in [7, 11) is 0. The fraction of sp³-hybridized carbons (Fsp3) is 0.500. The molecule has 132 valence electrons. The van der Waals surface area contributed by atoms with Crippen LogP contribution in [0.3, 0.4) is 0 Å². The van der Waals surface area contributed by atoms with Gasteiger partial charge in [-0.3, -0.25) is 9.59 Å². The molecule has 3 heterocycles. The molecule has 1 spiro atoms. The number of fused-ring (bicyclic) bond motifs is 1. The minimum absolute atomic E-state index is 0.0165. The zero-order valence-corrected chi connectivity index (χ0v) is 14.6. The Balaban J connectivity index is 1.52. The highest BCUT2D eigenvalue weighted by Crippen LogP contribution is 2.52. The largest absolute Gasteiger partial charge is 0.460 e. The van der Waals surface area contributed by atoms with Crippen LogP contribution in [0.15, 0.2) is 42.5 Å². The number of rotatable bonds is 5. The zero-order chi connectivity index (χ0) is 17.6. The summed E-state index contributed by atoms with van der Waals surface area (Å²) in [5.74, 6) is -1.33. The lowest BCUT2D eigenvalue weighted by Crippen LogP contribution is -2.41. The van der Waals surface area contributed by atoms with Crippen LogP contribution in [0, 0.1) is 11.8 Å². The van der Waals surface area contributed by atoms with Crippen molar-refractivity contribution in [2.24, 2.45) is 11.8 Å². The lowest BCUT2D eigenvalue weighted by atomic mass is 9.77. The van der Waals surface area contributed by atoms with E-state index in [1.807, 2.05) is 54.3 Å². The van der Waals surface area contributed by atoms with E-state index in [0.29, 0.717) is 6.54 Å². The van der Waals surface area contributed by atoms with E-state index < -0.39 is 17.4 Å². The summed E-state index contributed by atoms with van der Waals surface area (Å²) in [4.78, 5) is 27.6. The molecule has 2 bridgehead atoms. The monoisotopic (exact) mass is 341 g/mol. The van der Waals surface area contributed by atoms with Crippen molar-refractivity contribution in [1.82, 2.24) is 4.90 Å². The molecule has 4 rings (SSSR count). The van der Waals surface area contributed by atoms with E-state index in [-0.39, 0.29) is 30.6 Å². The van der Waals surface area contributed by atoms with Crippen molar-refractivity contribution in [3.63, 3.8) is 0 Å². The van der Waals surface area contributed by atoms with E-state index >= 15 is 0 Å². The van der Waals surface area contributed by atoms with Crippen LogP contribution in [0.4, 0.5) is 0 Å². The third-order valence-electron chi connectivity index (χ3n) is 5.75. The number of carbonyl (C=O) groups excluding carboxylic acids is 2. The van der Waals surface area contributed by atoms with Crippen molar-refractivity contribution in [2.45, 2.75) is 44.6 Å². The minimum atomic E-state index is -0.651. The molecule has 3 aliphatic rings. The average molecular weight is 341 g/mol. The topological polar surface area (TPSA) is 55.8 Å². The van der Waals surface area contributed by atoms with Crippen molar-refractivity contribution in [3.8, 4) is 0 Å². The summed E-state index contributed by atoms with van der Waals surface area (Å²) in [5.41, 5.74) is 0.283. The zero-order valence-electron chi connectivity index (χ0n) is 14.6.